The molecule has 2 heterocycles. The predicted octanol–water partition coefficient (Wildman–Crippen LogP) is 1.45. The number of rotatable bonds is 0. The maximum Gasteiger partial charge on any atom is 0.141 e. The third-order valence-electron chi connectivity index (χ3n) is 7.49. The molecule has 0 aromatic rings. The van der Waals surface area contributed by atoms with Crippen LogP contribution in [0.4, 0.5) is 0 Å². The molecule has 8 atom stereocenters. The highest BCUT2D eigenvalue weighted by Gasteiger charge is 2.80. The Hall–Kier alpha value is -0.410. The smallest absolute Gasteiger partial charge is 0.141 e. The molecule has 5 aliphatic rings. The van der Waals surface area contributed by atoms with Crippen LogP contribution < -0.4 is 0 Å². The summed E-state index contributed by atoms with van der Waals surface area (Å²) >= 11 is 0. The van der Waals surface area contributed by atoms with Crippen LogP contribution in [0.5, 0.6) is 0 Å². The van der Waals surface area contributed by atoms with Crippen LogP contribution in [0.3, 0.4) is 0 Å². The third-order valence-corrected chi connectivity index (χ3v) is 7.49. The molecule has 0 aromatic carbocycles. The van der Waals surface area contributed by atoms with E-state index in [9.17, 15) is 9.90 Å². The largest absolute Gasteiger partial charge is 0.392 e. The van der Waals surface area contributed by atoms with Crippen molar-refractivity contribution in [2.24, 2.45) is 29.1 Å². The van der Waals surface area contributed by atoms with Crippen LogP contribution in [-0.2, 0) is 4.79 Å². The lowest BCUT2D eigenvalue weighted by Crippen LogP contribution is -2.70. The predicted molar refractivity (Wildman–Crippen MR) is 70.5 cm³/mol. The van der Waals surface area contributed by atoms with E-state index in [1.54, 1.807) is 0 Å². The second kappa shape index (κ2) is 3.09. The number of Topliss-reactive ketones (excluding diaryl/α,β-unsaturated/α-hetero) is 1. The molecule has 8 unspecified atom stereocenters. The van der Waals surface area contributed by atoms with Gasteiger partial charge in [0.15, 0.2) is 0 Å². The van der Waals surface area contributed by atoms with Gasteiger partial charge in [0.1, 0.15) is 5.78 Å². The number of aliphatic hydroxyl groups is 1. The van der Waals surface area contributed by atoms with Gasteiger partial charge in [0, 0.05) is 25.0 Å². The van der Waals surface area contributed by atoms with Crippen LogP contribution in [-0.4, -0.2) is 40.5 Å². The van der Waals surface area contributed by atoms with E-state index < -0.39 is 0 Å². The highest BCUT2D eigenvalue weighted by molar-refractivity contribution is 5.90. The summed E-state index contributed by atoms with van der Waals surface area (Å²) in [6.07, 6.45) is 5.05. The van der Waals surface area contributed by atoms with Crippen molar-refractivity contribution in [1.82, 2.24) is 4.90 Å². The van der Waals surface area contributed by atoms with Crippen molar-refractivity contribution in [3.8, 4) is 0 Å². The summed E-state index contributed by atoms with van der Waals surface area (Å²) < 4.78 is 0. The molecule has 0 radical (unpaired) electrons. The van der Waals surface area contributed by atoms with E-state index in [0.717, 1.165) is 37.8 Å². The Morgan fingerprint density at radius 3 is 2.95 bits per heavy atom. The number of carbonyl (C=O) groups is 1. The lowest BCUT2D eigenvalue weighted by molar-refractivity contribution is -0.170. The van der Waals surface area contributed by atoms with Gasteiger partial charge in [-0.15, -0.1) is 0 Å². The van der Waals surface area contributed by atoms with Crippen molar-refractivity contribution < 1.29 is 9.90 Å². The molecule has 3 nitrogen and oxygen atoms in total. The van der Waals surface area contributed by atoms with Crippen LogP contribution in [0.15, 0.2) is 0 Å². The summed E-state index contributed by atoms with van der Waals surface area (Å²) in [5.74, 6) is 3.23. The molecule has 5 rings (SSSR count). The summed E-state index contributed by atoms with van der Waals surface area (Å²) in [6, 6.07) is 0. The minimum Gasteiger partial charge on any atom is -0.392 e. The minimum absolute atomic E-state index is 0.152. The maximum atomic E-state index is 13.0. The standard InChI is InChI=1S/C16H23NO2/c1-9-2-10-3-14(19)15-6-12(18)8-17-7-11(15)4-13(10)16(15,17)5-9/h9-13,18H,2-8H2,1H3. The zero-order valence-electron chi connectivity index (χ0n) is 11.6. The Bertz CT molecular complexity index is 477. The molecular weight excluding hydrogens is 238 g/mol. The van der Waals surface area contributed by atoms with Gasteiger partial charge in [0.2, 0.25) is 0 Å². The van der Waals surface area contributed by atoms with E-state index >= 15 is 0 Å². The molecule has 1 spiro atoms. The fourth-order valence-corrected chi connectivity index (χ4v) is 7.40. The lowest BCUT2D eigenvalue weighted by atomic mass is 9.48. The maximum absolute atomic E-state index is 13.0. The summed E-state index contributed by atoms with van der Waals surface area (Å²) in [6.45, 7) is 4.28. The number of hydrogen-bond acceptors (Lipinski definition) is 3. The fourth-order valence-electron chi connectivity index (χ4n) is 7.40. The van der Waals surface area contributed by atoms with Crippen molar-refractivity contribution in [3.63, 3.8) is 0 Å². The molecule has 3 saturated carbocycles. The van der Waals surface area contributed by atoms with E-state index in [-0.39, 0.29) is 17.1 Å². The Morgan fingerprint density at radius 1 is 1.26 bits per heavy atom. The van der Waals surface area contributed by atoms with Gasteiger partial charge in [-0.05, 0) is 49.4 Å². The molecule has 3 heteroatoms. The topological polar surface area (TPSA) is 40.5 Å². The van der Waals surface area contributed by atoms with Crippen molar-refractivity contribution in [2.45, 2.75) is 50.7 Å². The average Bonchev–Trinajstić information content (AvgIpc) is 2.62. The van der Waals surface area contributed by atoms with Crippen molar-refractivity contribution in [2.75, 3.05) is 13.1 Å². The number of piperidine rings is 2. The molecule has 2 aliphatic heterocycles. The van der Waals surface area contributed by atoms with Gasteiger partial charge in [0.25, 0.3) is 0 Å². The molecular formula is C16H23NO2. The van der Waals surface area contributed by atoms with E-state index in [1.165, 1.54) is 19.3 Å². The average molecular weight is 261 g/mol. The van der Waals surface area contributed by atoms with Crippen LogP contribution in [0.25, 0.3) is 0 Å². The number of ketones is 1. The van der Waals surface area contributed by atoms with E-state index in [4.69, 9.17) is 0 Å². The summed E-state index contributed by atoms with van der Waals surface area (Å²) in [4.78, 5) is 15.5. The molecule has 19 heavy (non-hydrogen) atoms. The first kappa shape index (κ1) is 11.3. The number of β-amino-alcohol motifs (C(OH)–C–C–N with tert-alkyl or cyclic N) is 1. The Morgan fingerprint density at radius 2 is 2.11 bits per heavy atom. The fraction of sp³-hybridized carbons (Fsp3) is 0.938. The first-order chi connectivity index (χ1) is 9.08. The quantitative estimate of drug-likeness (QED) is 0.717. The van der Waals surface area contributed by atoms with Crippen molar-refractivity contribution >= 4 is 5.78 Å². The van der Waals surface area contributed by atoms with Crippen molar-refractivity contribution in [1.29, 1.82) is 0 Å². The summed E-state index contributed by atoms with van der Waals surface area (Å²) in [5.41, 5.74) is 0.00900. The van der Waals surface area contributed by atoms with Gasteiger partial charge in [-0.25, -0.2) is 0 Å². The highest BCUT2D eigenvalue weighted by Crippen LogP contribution is 2.74. The third kappa shape index (κ3) is 0.964. The molecule has 6 bridgehead atoms. The molecule has 1 N–H and O–H groups in total. The second-order valence-electron chi connectivity index (χ2n) is 8.13. The molecule has 0 amide bonds. The Balaban J connectivity index is 1.76. The first-order valence-electron chi connectivity index (χ1n) is 8.04. The summed E-state index contributed by atoms with van der Waals surface area (Å²) in [5, 5.41) is 10.2. The Labute approximate surface area is 114 Å². The van der Waals surface area contributed by atoms with E-state index in [2.05, 4.69) is 11.8 Å². The number of nitrogens with zero attached hydrogens (tertiary/aromatic N) is 1. The van der Waals surface area contributed by atoms with Crippen LogP contribution in [0.1, 0.15) is 39.0 Å². The van der Waals surface area contributed by atoms with Gasteiger partial charge in [-0.1, -0.05) is 6.92 Å². The molecule has 3 aliphatic carbocycles. The van der Waals surface area contributed by atoms with Gasteiger partial charge in [0.05, 0.1) is 11.5 Å². The highest BCUT2D eigenvalue weighted by atomic mass is 16.3. The van der Waals surface area contributed by atoms with Gasteiger partial charge in [-0.3, -0.25) is 9.69 Å². The van der Waals surface area contributed by atoms with Crippen LogP contribution >= 0.6 is 0 Å². The normalized spacial score (nSPS) is 65.5. The van der Waals surface area contributed by atoms with E-state index in [0.29, 0.717) is 17.6 Å². The van der Waals surface area contributed by atoms with Gasteiger partial charge in [-0.2, -0.15) is 0 Å². The first-order valence-corrected chi connectivity index (χ1v) is 8.04. The molecule has 5 fully saturated rings. The number of hydrogen-bond donors (Lipinski definition) is 1. The zero-order valence-corrected chi connectivity index (χ0v) is 11.6. The van der Waals surface area contributed by atoms with Gasteiger partial charge >= 0.3 is 0 Å². The lowest BCUT2D eigenvalue weighted by Gasteiger charge is -2.62. The SMILES string of the molecule is CC1CC2CC(=O)C34CC(O)CN5CC3CC2C54C1. The summed E-state index contributed by atoms with van der Waals surface area (Å²) in [7, 11) is 0. The monoisotopic (exact) mass is 261 g/mol. The second-order valence-corrected chi connectivity index (χ2v) is 8.13. The molecule has 2 saturated heterocycles. The van der Waals surface area contributed by atoms with Crippen molar-refractivity contribution in [3.05, 3.63) is 0 Å². The molecule has 104 valence electrons. The minimum atomic E-state index is -0.271. The zero-order chi connectivity index (χ0) is 13.0. The number of aliphatic hydroxyl groups excluding tert-OH is 1. The Kier molecular flexibility index (Phi) is 1.83. The molecule has 0 aromatic heterocycles. The van der Waals surface area contributed by atoms with Crippen LogP contribution in [0, 0.1) is 29.1 Å². The van der Waals surface area contributed by atoms with E-state index in [1.807, 2.05) is 0 Å². The van der Waals surface area contributed by atoms with Crippen LogP contribution in [0.2, 0.25) is 0 Å². The van der Waals surface area contributed by atoms with Gasteiger partial charge < -0.3 is 5.11 Å². The number of carbonyl (C=O) groups excluding carboxylic acids is 1.